The fraction of sp³-hybridized carbons (Fsp3) is 0.304. The monoisotopic (exact) mass is 560 g/mol. The van der Waals surface area contributed by atoms with E-state index in [2.05, 4.69) is 5.10 Å². The Morgan fingerprint density at radius 1 is 1.11 bits per heavy atom. The van der Waals surface area contributed by atoms with Gasteiger partial charge in [0.15, 0.2) is 17.7 Å². The maximum Gasteiger partial charge on any atom is 0.416 e. The molecular formula is C23H21Cl2F3N4O5. The van der Waals surface area contributed by atoms with Gasteiger partial charge < -0.3 is 15.6 Å². The second-order valence-electron chi connectivity index (χ2n) is 8.06. The minimum Gasteiger partial charge on any atom is -0.449 e. The van der Waals surface area contributed by atoms with Crippen molar-refractivity contribution in [3.63, 3.8) is 0 Å². The van der Waals surface area contributed by atoms with Gasteiger partial charge in [-0.05, 0) is 42.0 Å². The fourth-order valence-corrected chi connectivity index (χ4v) is 3.84. The number of alkyl halides is 3. The minimum atomic E-state index is -4.99. The van der Waals surface area contributed by atoms with Crippen molar-refractivity contribution in [2.45, 2.75) is 37.7 Å². The largest absolute Gasteiger partial charge is 0.449 e. The molecule has 0 unspecified atom stereocenters. The molecule has 0 saturated heterocycles. The normalized spacial score (nSPS) is 13.2. The van der Waals surface area contributed by atoms with E-state index in [4.69, 9.17) is 33.7 Å². The smallest absolute Gasteiger partial charge is 0.416 e. The zero-order valence-electron chi connectivity index (χ0n) is 19.0. The van der Waals surface area contributed by atoms with Gasteiger partial charge in [-0.2, -0.15) is 13.2 Å². The van der Waals surface area contributed by atoms with E-state index in [-0.39, 0.29) is 24.4 Å². The molecule has 3 rings (SSSR count). The van der Waals surface area contributed by atoms with Gasteiger partial charge >= 0.3 is 18.0 Å². The lowest BCUT2D eigenvalue weighted by atomic mass is 9.94. The summed E-state index contributed by atoms with van der Waals surface area (Å²) < 4.78 is 45.2. The number of hydrogen-bond acceptors (Lipinski definition) is 6. The molecule has 0 radical (unpaired) electrons. The molecule has 1 aromatic heterocycles. The summed E-state index contributed by atoms with van der Waals surface area (Å²) in [6.45, 7) is -1.98. The van der Waals surface area contributed by atoms with Crippen molar-refractivity contribution in [2.24, 2.45) is 5.73 Å². The molecule has 0 bridgehead atoms. The second-order valence-corrected chi connectivity index (χ2v) is 8.94. The van der Waals surface area contributed by atoms with Crippen LogP contribution in [0.4, 0.5) is 18.0 Å². The molecule has 0 fully saturated rings. The molecular weight excluding hydrogens is 540 g/mol. The van der Waals surface area contributed by atoms with Crippen LogP contribution in [0.5, 0.6) is 0 Å². The molecule has 0 aliphatic heterocycles. The van der Waals surface area contributed by atoms with E-state index >= 15 is 0 Å². The minimum absolute atomic E-state index is 0.193. The highest BCUT2D eigenvalue weighted by atomic mass is 35.5. The predicted octanol–water partition coefficient (Wildman–Crippen LogP) is 3.78. The Balaban J connectivity index is 1.91. The van der Waals surface area contributed by atoms with E-state index in [1.54, 1.807) is 24.3 Å². The van der Waals surface area contributed by atoms with Gasteiger partial charge in [-0.3, -0.25) is 9.36 Å². The SMILES string of the molecule is NC(=O)OC[C@H](CC(=O)Cn1nc(-c2ccc(Cl)cc2)n(C[C@H](O)C(F)(F)F)c1=O)c1cccc(Cl)c1. The van der Waals surface area contributed by atoms with E-state index in [0.29, 0.717) is 24.9 Å². The Morgan fingerprint density at radius 3 is 2.38 bits per heavy atom. The Kier molecular flexibility index (Phi) is 9.00. The summed E-state index contributed by atoms with van der Waals surface area (Å²) in [4.78, 5) is 36.9. The number of Topliss-reactive ketones (excluding diaryl/α,β-unsaturated/α-hetero) is 1. The van der Waals surface area contributed by atoms with Crippen LogP contribution in [0, 0.1) is 0 Å². The summed E-state index contributed by atoms with van der Waals surface area (Å²) >= 11 is 11.9. The summed E-state index contributed by atoms with van der Waals surface area (Å²) in [7, 11) is 0. The van der Waals surface area contributed by atoms with Crippen molar-refractivity contribution >= 4 is 35.1 Å². The van der Waals surface area contributed by atoms with Crippen LogP contribution in [0.1, 0.15) is 17.9 Å². The molecule has 0 saturated carbocycles. The Hall–Kier alpha value is -3.35. The molecule has 0 aliphatic rings. The zero-order valence-corrected chi connectivity index (χ0v) is 20.5. The third-order valence-corrected chi connectivity index (χ3v) is 5.79. The first-order valence-corrected chi connectivity index (χ1v) is 11.5. The van der Waals surface area contributed by atoms with Crippen molar-refractivity contribution in [2.75, 3.05) is 6.61 Å². The van der Waals surface area contributed by atoms with Gasteiger partial charge in [0.25, 0.3) is 0 Å². The van der Waals surface area contributed by atoms with E-state index in [9.17, 15) is 32.7 Å². The number of amides is 1. The summed E-state index contributed by atoms with van der Waals surface area (Å²) in [6, 6.07) is 12.2. The summed E-state index contributed by atoms with van der Waals surface area (Å²) in [5.74, 6) is -1.40. The number of nitrogens with zero attached hydrogens (tertiary/aromatic N) is 3. The quantitative estimate of drug-likeness (QED) is 0.388. The van der Waals surface area contributed by atoms with E-state index < -0.39 is 48.9 Å². The molecule has 1 amide bonds. The predicted molar refractivity (Wildman–Crippen MR) is 128 cm³/mol. The number of aliphatic hydroxyl groups is 1. The lowest BCUT2D eigenvalue weighted by molar-refractivity contribution is -0.207. The van der Waals surface area contributed by atoms with Gasteiger partial charge in [-0.1, -0.05) is 35.3 Å². The van der Waals surface area contributed by atoms with Crippen LogP contribution < -0.4 is 11.4 Å². The van der Waals surface area contributed by atoms with Crippen molar-refractivity contribution < 1.29 is 32.6 Å². The second kappa shape index (κ2) is 11.8. The van der Waals surface area contributed by atoms with Crippen LogP contribution in [0.3, 0.4) is 0 Å². The molecule has 198 valence electrons. The number of carbonyl (C=O) groups is 2. The topological polar surface area (TPSA) is 129 Å². The Labute approximate surface area is 218 Å². The third-order valence-electron chi connectivity index (χ3n) is 5.31. The number of ketones is 1. The number of rotatable bonds is 10. The van der Waals surface area contributed by atoms with Crippen LogP contribution in [0.2, 0.25) is 10.0 Å². The molecule has 2 atom stereocenters. The first-order chi connectivity index (χ1) is 17.3. The summed E-state index contributed by atoms with van der Waals surface area (Å²) in [5.41, 5.74) is 4.81. The molecule has 3 N–H and O–H groups in total. The number of hydrogen-bond donors (Lipinski definition) is 2. The van der Waals surface area contributed by atoms with Crippen LogP contribution in [-0.4, -0.2) is 50.2 Å². The summed E-state index contributed by atoms with van der Waals surface area (Å²) in [5, 5.41) is 14.3. The number of aliphatic hydroxyl groups excluding tert-OH is 1. The van der Waals surface area contributed by atoms with Gasteiger partial charge in [0.05, 0.1) is 6.54 Å². The molecule has 37 heavy (non-hydrogen) atoms. The van der Waals surface area contributed by atoms with Gasteiger partial charge in [0.2, 0.25) is 0 Å². The average Bonchev–Trinajstić information content (AvgIpc) is 3.11. The maximum absolute atomic E-state index is 13.0. The Morgan fingerprint density at radius 2 is 1.78 bits per heavy atom. The van der Waals surface area contributed by atoms with Crippen molar-refractivity contribution in [3.8, 4) is 11.4 Å². The summed E-state index contributed by atoms with van der Waals surface area (Å²) in [6.07, 6.45) is -9.11. The lowest BCUT2D eigenvalue weighted by Crippen LogP contribution is -2.37. The van der Waals surface area contributed by atoms with E-state index in [1.807, 2.05) is 0 Å². The highest BCUT2D eigenvalue weighted by molar-refractivity contribution is 6.30. The zero-order chi connectivity index (χ0) is 27.3. The van der Waals surface area contributed by atoms with Gasteiger partial charge in [-0.25, -0.2) is 14.3 Å². The molecule has 14 heteroatoms. The van der Waals surface area contributed by atoms with E-state index in [0.717, 1.165) is 0 Å². The molecule has 0 spiro atoms. The molecule has 0 aliphatic carbocycles. The van der Waals surface area contributed by atoms with Gasteiger partial charge in [0.1, 0.15) is 13.2 Å². The molecule has 3 aromatic rings. The average molecular weight is 561 g/mol. The van der Waals surface area contributed by atoms with E-state index in [1.165, 1.54) is 24.3 Å². The molecule has 9 nitrogen and oxygen atoms in total. The van der Waals surface area contributed by atoms with Crippen molar-refractivity contribution in [3.05, 3.63) is 74.6 Å². The number of ether oxygens (including phenoxy) is 1. The number of primary amides is 1. The third kappa shape index (κ3) is 7.57. The number of halogens is 5. The number of nitrogens with two attached hydrogens (primary N) is 1. The van der Waals surface area contributed by atoms with Crippen LogP contribution >= 0.6 is 23.2 Å². The van der Waals surface area contributed by atoms with Crippen molar-refractivity contribution in [1.82, 2.24) is 14.3 Å². The molecule has 1 heterocycles. The maximum atomic E-state index is 13.0. The van der Waals surface area contributed by atoms with Crippen LogP contribution in [0.15, 0.2) is 53.3 Å². The number of benzene rings is 2. The van der Waals surface area contributed by atoms with Gasteiger partial charge in [-0.15, -0.1) is 5.10 Å². The standard InChI is InChI=1S/C23H21Cl2F3N4O5/c24-16-6-4-13(5-7-16)20-30-32(22(36)31(20)11-19(34)23(26,27)28)10-18(33)9-15(12-37-21(29)35)14-2-1-3-17(25)8-14/h1-8,15,19,34H,9-12H2,(H2,29,35)/t15-,19-/m0/s1. The number of carbonyl (C=O) groups excluding carboxylic acids is 2. The highest BCUT2D eigenvalue weighted by Gasteiger charge is 2.39. The number of aromatic nitrogens is 3. The fourth-order valence-electron chi connectivity index (χ4n) is 3.52. The first-order valence-electron chi connectivity index (χ1n) is 10.7. The Bertz CT molecular complexity index is 1330. The van der Waals surface area contributed by atoms with Crippen LogP contribution in [0.25, 0.3) is 11.4 Å². The van der Waals surface area contributed by atoms with Gasteiger partial charge in [0, 0.05) is 27.9 Å². The highest BCUT2D eigenvalue weighted by Crippen LogP contribution is 2.25. The van der Waals surface area contributed by atoms with Crippen LogP contribution in [-0.2, 0) is 22.6 Å². The first kappa shape index (κ1) is 28.2. The lowest BCUT2D eigenvalue weighted by Gasteiger charge is -2.16. The van der Waals surface area contributed by atoms with Crippen molar-refractivity contribution in [1.29, 1.82) is 0 Å². The molecule has 2 aromatic carbocycles.